The molecule has 0 saturated heterocycles. The lowest BCUT2D eigenvalue weighted by Gasteiger charge is -2.03. The minimum absolute atomic E-state index is 0.0367. The van der Waals surface area contributed by atoms with Gasteiger partial charge in [0.15, 0.2) is 0 Å². The van der Waals surface area contributed by atoms with Gasteiger partial charge in [-0.25, -0.2) is 4.79 Å². The first-order valence-corrected chi connectivity index (χ1v) is 4.88. The van der Waals surface area contributed by atoms with E-state index in [4.69, 9.17) is 4.74 Å². The van der Waals surface area contributed by atoms with Crippen LogP contribution in [0.25, 0.3) is 0 Å². The van der Waals surface area contributed by atoms with E-state index in [1.54, 1.807) is 19.1 Å². The van der Waals surface area contributed by atoms with E-state index in [1.807, 2.05) is 0 Å². The summed E-state index contributed by atoms with van der Waals surface area (Å²) in [5.74, 6) is -0.526. The van der Waals surface area contributed by atoms with Crippen LogP contribution in [0.3, 0.4) is 0 Å². The second-order valence-electron chi connectivity index (χ2n) is 2.38. The van der Waals surface area contributed by atoms with Crippen molar-refractivity contribution in [3.63, 3.8) is 0 Å². The molecule has 0 saturated carbocycles. The highest BCUT2D eigenvalue weighted by atomic mass is 127. The number of esters is 1. The molecule has 0 aliphatic heterocycles. The number of carbonyl (C=O) groups is 1. The van der Waals surface area contributed by atoms with Crippen LogP contribution in [0.15, 0.2) is 18.2 Å². The van der Waals surface area contributed by atoms with Crippen molar-refractivity contribution in [1.29, 1.82) is 0 Å². The first-order chi connectivity index (χ1) is 6.15. The number of phenols is 1. The molecular formula is C9H9IO3. The second-order valence-corrected chi connectivity index (χ2v) is 3.63. The zero-order valence-corrected chi connectivity index (χ0v) is 9.24. The maximum absolute atomic E-state index is 11.2. The molecule has 0 amide bonds. The number of hydrogen-bond acceptors (Lipinski definition) is 3. The Balaban J connectivity index is 2.95. The Hall–Kier alpha value is -0.780. The van der Waals surface area contributed by atoms with Crippen molar-refractivity contribution >= 4 is 28.6 Å². The fourth-order valence-electron chi connectivity index (χ4n) is 0.886. The normalized spacial score (nSPS) is 9.69. The summed E-state index contributed by atoms with van der Waals surface area (Å²) in [5, 5.41) is 9.38. The molecule has 0 atom stereocenters. The van der Waals surface area contributed by atoms with E-state index in [0.717, 1.165) is 3.57 Å². The molecule has 4 heteroatoms. The molecule has 1 aromatic rings. The van der Waals surface area contributed by atoms with Gasteiger partial charge in [0.2, 0.25) is 0 Å². The van der Waals surface area contributed by atoms with Crippen molar-refractivity contribution in [3.05, 3.63) is 27.3 Å². The van der Waals surface area contributed by atoms with Crippen LogP contribution in [0.2, 0.25) is 0 Å². The monoisotopic (exact) mass is 292 g/mol. The van der Waals surface area contributed by atoms with Crippen LogP contribution in [-0.4, -0.2) is 17.7 Å². The Kier molecular flexibility index (Phi) is 3.53. The Morgan fingerprint density at radius 1 is 1.62 bits per heavy atom. The largest absolute Gasteiger partial charge is 0.507 e. The lowest BCUT2D eigenvalue weighted by Crippen LogP contribution is -2.04. The summed E-state index contributed by atoms with van der Waals surface area (Å²) in [4.78, 5) is 11.2. The molecule has 13 heavy (non-hydrogen) atoms. The number of aromatic hydroxyl groups is 1. The molecule has 0 unspecified atom stereocenters. The van der Waals surface area contributed by atoms with Crippen molar-refractivity contribution < 1.29 is 14.6 Å². The van der Waals surface area contributed by atoms with Gasteiger partial charge in [0.25, 0.3) is 0 Å². The van der Waals surface area contributed by atoms with E-state index in [9.17, 15) is 9.90 Å². The number of halogens is 1. The van der Waals surface area contributed by atoms with Gasteiger partial charge in [-0.2, -0.15) is 0 Å². The third kappa shape index (κ3) is 2.58. The van der Waals surface area contributed by atoms with E-state index in [1.165, 1.54) is 6.07 Å². The SMILES string of the molecule is CCOC(=O)c1ccc(I)cc1O. The van der Waals surface area contributed by atoms with Crippen molar-refractivity contribution in [2.45, 2.75) is 6.92 Å². The fourth-order valence-corrected chi connectivity index (χ4v) is 1.36. The average Bonchev–Trinajstić information content (AvgIpc) is 2.04. The highest BCUT2D eigenvalue weighted by molar-refractivity contribution is 14.1. The molecule has 1 aromatic carbocycles. The smallest absolute Gasteiger partial charge is 0.341 e. The van der Waals surface area contributed by atoms with E-state index in [2.05, 4.69) is 22.6 Å². The van der Waals surface area contributed by atoms with E-state index < -0.39 is 5.97 Å². The van der Waals surface area contributed by atoms with Crippen LogP contribution in [0.4, 0.5) is 0 Å². The Morgan fingerprint density at radius 3 is 2.85 bits per heavy atom. The maximum atomic E-state index is 11.2. The molecule has 0 bridgehead atoms. The van der Waals surface area contributed by atoms with Crippen LogP contribution in [0.5, 0.6) is 5.75 Å². The number of benzene rings is 1. The Morgan fingerprint density at radius 2 is 2.31 bits per heavy atom. The molecule has 0 heterocycles. The molecule has 70 valence electrons. The van der Waals surface area contributed by atoms with Crippen molar-refractivity contribution in [3.8, 4) is 5.75 Å². The highest BCUT2D eigenvalue weighted by Crippen LogP contribution is 2.20. The fraction of sp³-hybridized carbons (Fsp3) is 0.222. The third-order valence-electron chi connectivity index (χ3n) is 1.46. The summed E-state index contributed by atoms with van der Waals surface area (Å²) >= 11 is 2.05. The standard InChI is InChI=1S/C9H9IO3/c1-2-13-9(12)7-4-3-6(10)5-8(7)11/h3-5,11H,2H2,1H3. The summed E-state index contributed by atoms with van der Waals surface area (Å²) < 4.78 is 5.63. The predicted molar refractivity (Wildman–Crippen MR) is 56.8 cm³/mol. The second kappa shape index (κ2) is 4.45. The third-order valence-corrected chi connectivity index (χ3v) is 2.13. The maximum Gasteiger partial charge on any atom is 0.341 e. The van der Waals surface area contributed by atoms with E-state index in [-0.39, 0.29) is 11.3 Å². The van der Waals surface area contributed by atoms with Crippen LogP contribution in [0.1, 0.15) is 17.3 Å². The van der Waals surface area contributed by atoms with Gasteiger partial charge in [0.1, 0.15) is 11.3 Å². The number of carbonyl (C=O) groups excluding carboxylic acids is 1. The Bertz CT molecular complexity index is 323. The molecule has 0 aliphatic rings. The number of rotatable bonds is 2. The Labute approximate surface area is 89.9 Å². The predicted octanol–water partition coefficient (Wildman–Crippen LogP) is 2.17. The number of phenolic OH excluding ortho intramolecular Hbond substituents is 1. The first kappa shape index (κ1) is 10.3. The lowest BCUT2D eigenvalue weighted by atomic mass is 10.2. The summed E-state index contributed by atoms with van der Waals surface area (Å²) in [6.07, 6.45) is 0. The van der Waals surface area contributed by atoms with Gasteiger partial charge < -0.3 is 9.84 Å². The van der Waals surface area contributed by atoms with Crippen molar-refractivity contribution in [2.24, 2.45) is 0 Å². The number of ether oxygens (including phenoxy) is 1. The topological polar surface area (TPSA) is 46.5 Å². The van der Waals surface area contributed by atoms with Crippen LogP contribution in [0, 0.1) is 3.57 Å². The average molecular weight is 292 g/mol. The molecule has 0 spiro atoms. The molecule has 3 nitrogen and oxygen atoms in total. The van der Waals surface area contributed by atoms with Gasteiger partial charge in [-0.15, -0.1) is 0 Å². The molecule has 0 fully saturated rings. The van der Waals surface area contributed by atoms with Gasteiger partial charge in [0, 0.05) is 3.57 Å². The van der Waals surface area contributed by atoms with Crippen LogP contribution < -0.4 is 0 Å². The summed E-state index contributed by atoms with van der Waals surface area (Å²) in [7, 11) is 0. The minimum Gasteiger partial charge on any atom is -0.507 e. The van der Waals surface area contributed by atoms with Crippen molar-refractivity contribution in [2.75, 3.05) is 6.61 Å². The van der Waals surface area contributed by atoms with Gasteiger partial charge in [0.05, 0.1) is 6.61 Å². The summed E-state index contributed by atoms with van der Waals surface area (Å²) in [5.41, 5.74) is 0.210. The molecule has 0 aromatic heterocycles. The molecular weight excluding hydrogens is 283 g/mol. The number of hydrogen-bond donors (Lipinski definition) is 1. The van der Waals surface area contributed by atoms with E-state index in [0.29, 0.717) is 6.61 Å². The van der Waals surface area contributed by atoms with Crippen LogP contribution >= 0.6 is 22.6 Å². The molecule has 0 aliphatic carbocycles. The van der Waals surface area contributed by atoms with Gasteiger partial charge >= 0.3 is 5.97 Å². The van der Waals surface area contributed by atoms with Crippen molar-refractivity contribution in [1.82, 2.24) is 0 Å². The van der Waals surface area contributed by atoms with Gasteiger partial charge in [-0.3, -0.25) is 0 Å². The quantitative estimate of drug-likeness (QED) is 0.671. The zero-order valence-electron chi connectivity index (χ0n) is 7.08. The molecule has 0 radical (unpaired) electrons. The molecule has 1 rings (SSSR count). The van der Waals surface area contributed by atoms with E-state index >= 15 is 0 Å². The zero-order chi connectivity index (χ0) is 9.84. The van der Waals surface area contributed by atoms with Crippen LogP contribution in [-0.2, 0) is 4.74 Å². The highest BCUT2D eigenvalue weighted by Gasteiger charge is 2.11. The van der Waals surface area contributed by atoms with Gasteiger partial charge in [-0.05, 0) is 47.7 Å². The van der Waals surface area contributed by atoms with Gasteiger partial charge in [-0.1, -0.05) is 0 Å². The molecule has 1 N–H and O–H groups in total. The summed E-state index contributed by atoms with van der Waals surface area (Å²) in [6, 6.07) is 4.81. The first-order valence-electron chi connectivity index (χ1n) is 3.80. The minimum atomic E-state index is -0.489. The lowest BCUT2D eigenvalue weighted by molar-refractivity contribution is 0.0523. The summed E-state index contributed by atoms with van der Waals surface area (Å²) in [6.45, 7) is 2.03.